The summed E-state index contributed by atoms with van der Waals surface area (Å²) in [4.78, 5) is 3.32. The molecule has 3 nitrogen and oxygen atoms in total. The minimum absolute atomic E-state index is 0.512. The summed E-state index contributed by atoms with van der Waals surface area (Å²) in [5.74, 6) is 0.786. The van der Waals surface area contributed by atoms with Crippen molar-refractivity contribution in [2.45, 2.75) is 6.61 Å². The van der Waals surface area contributed by atoms with Gasteiger partial charge < -0.3 is 15.5 Å². The van der Waals surface area contributed by atoms with E-state index < -0.39 is 0 Å². The molecule has 0 aliphatic rings. The molecule has 1 heterocycles. The summed E-state index contributed by atoms with van der Waals surface area (Å²) < 4.78 is 5.69. The van der Waals surface area contributed by atoms with E-state index in [4.69, 9.17) is 10.5 Å². The molecule has 90 valence electrons. The highest BCUT2D eigenvalue weighted by atomic mass is 16.5. The Morgan fingerprint density at radius 1 is 1.00 bits per heavy atom. The number of para-hydroxylation sites is 1. The standard InChI is InChI=1S/C15H14N2O/c16-12-5-3-6-14(9-12)18-10-13-8-11-4-1-2-7-15(11)17-13/h1-9,17H,10,16H2. The van der Waals surface area contributed by atoms with Crippen molar-refractivity contribution < 1.29 is 4.74 Å². The molecule has 0 bridgehead atoms. The lowest BCUT2D eigenvalue weighted by Crippen LogP contribution is -1.96. The number of hydrogen-bond donors (Lipinski definition) is 2. The summed E-state index contributed by atoms with van der Waals surface area (Å²) in [6, 6.07) is 17.7. The molecule has 0 atom stereocenters. The number of hydrogen-bond acceptors (Lipinski definition) is 2. The van der Waals surface area contributed by atoms with E-state index in [-0.39, 0.29) is 0 Å². The lowest BCUT2D eigenvalue weighted by atomic mass is 10.2. The van der Waals surface area contributed by atoms with Crippen molar-refractivity contribution in [3.05, 3.63) is 60.3 Å². The second-order valence-electron chi connectivity index (χ2n) is 4.24. The van der Waals surface area contributed by atoms with Crippen LogP contribution in [0.2, 0.25) is 0 Å². The summed E-state index contributed by atoms with van der Waals surface area (Å²) in [5, 5.41) is 1.20. The first-order valence-electron chi connectivity index (χ1n) is 5.86. The average molecular weight is 238 g/mol. The van der Waals surface area contributed by atoms with Crippen LogP contribution in [0, 0.1) is 0 Å². The fourth-order valence-corrected chi connectivity index (χ4v) is 1.98. The van der Waals surface area contributed by atoms with E-state index in [1.807, 2.05) is 36.4 Å². The van der Waals surface area contributed by atoms with Gasteiger partial charge >= 0.3 is 0 Å². The van der Waals surface area contributed by atoms with Gasteiger partial charge in [0.25, 0.3) is 0 Å². The third-order valence-corrected chi connectivity index (χ3v) is 2.84. The van der Waals surface area contributed by atoms with Gasteiger partial charge in [-0.3, -0.25) is 0 Å². The number of anilines is 1. The molecular weight excluding hydrogens is 224 g/mol. The second-order valence-corrected chi connectivity index (χ2v) is 4.24. The smallest absolute Gasteiger partial charge is 0.128 e. The number of benzene rings is 2. The van der Waals surface area contributed by atoms with Crippen LogP contribution < -0.4 is 10.5 Å². The van der Waals surface area contributed by atoms with E-state index in [1.165, 1.54) is 5.39 Å². The Morgan fingerprint density at radius 3 is 2.72 bits per heavy atom. The number of ether oxygens (including phenoxy) is 1. The molecule has 0 saturated carbocycles. The molecule has 0 aliphatic heterocycles. The van der Waals surface area contributed by atoms with Crippen molar-refractivity contribution in [3.8, 4) is 5.75 Å². The summed E-state index contributed by atoms with van der Waals surface area (Å²) in [6.07, 6.45) is 0. The molecule has 1 aromatic heterocycles. The maximum absolute atomic E-state index is 5.70. The van der Waals surface area contributed by atoms with Gasteiger partial charge in [0.1, 0.15) is 12.4 Å². The number of rotatable bonds is 3. The highest BCUT2D eigenvalue weighted by molar-refractivity contribution is 5.80. The van der Waals surface area contributed by atoms with Crippen LogP contribution in [0.1, 0.15) is 5.69 Å². The molecule has 0 aliphatic carbocycles. The van der Waals surface area contributed by atoms with Crippen LogP contribution >= 0.6 is 0 Å². The van der Waals surface area contributed by atoms with Gasteiger partial charge in [0.2, 0.25) is 0 Å². The van der Waals surface area contributed by atoms with Crippen LogP contribution in [0.3, 0.4) is 0 Å². The summed E-state index contributed by atoms with van der Waals surface area (Å²) in [6.45, 7) is 0.512. The van der Waals surface area contributed by atoms with Crippen molar-refractivity contribution in [2.24, 2.45) is 0 Å². The minimum atomic E-state index is 0.512. The van der Waals surface area contributed by atoms with Gasteiger partial charge in [0.15, 0.2) is 0 Å². The molecule has 2 aromatic carbocycles. The number of H-pyrrole nitrogens is 1. The van der Waals surface area contributed by atoms with Gasteiger partial charge in [-0.05, 0) is 29.7 Å². The van der Waals surface area contributed by atoms with Crippen molar-refractivity contribution in [3.63, 3.8) is 0 Å². The molecule has 3 aromatic rings. The van der Waals surface area contributed by atoms with Crippen LogP contribution in [0.5, 0.6) is 5.75 Å². The van der Waals surface area contributed by atoms with E-state index in [0.29, 0.717) is 12.3 Å². The zero-order valence-electron chi connectivity index (χ0n) is 9.89. The average Bonchev–Trinajstić information content (AvgIpc) is 2.79. The highest BCUT2D eigenvalue weighted by Gasteiger charge is 2.01. The van der Waals surface area contributed by atoms with E-state index in [2.05, 4.69) is 23.2 Å². The number of nitrogens with one attached hydrogen (secondary N) is 1. The van der Waals surface area contributed by atoms with Crippen LogP contribution in [0.4, 0.5) is 5.69 Å². The number of nitrogens with two attached hydrogens (primary N) is 1. The number of aromatic amines is 1. The quantitative estimate of drug-likeness (QED) is 0.688. The highest BCUT2D eigenvalue weighted by Crippen LogP contribution is 2.18. The molecule has 3 rings (SSSR count). The first-order chi connectivity index (χ1) is 8.81. The zero-order chi connectivity index (χ0) is 12.4. The molecule has 0 fully saturated rings. The zero-order valence-corrected chi connectivity index (χ0v) is 9.89. The molecule has 0 radical (unpaired) electrons. The number of fused-ring (bicyclic) bond motifs is 1. The van der Waals surface area contributed by atoms with Gasteiger partial charge in [0, 0.05) is 17.3 Å². The summed E-state index contributed by atoms with van der Waals surface area (Å²) >= 11 is 0. The molecule has 0 saturated heterocycles. The van der Waals surface area contributed by atoms with E-state index in [1.54, 1.807) is 0 Å². The Kier molecular flexibility index (Phi) is 2.65. The molecule has 0 spiro atoms. The summed E-state index contributed by atoms with van der Waals surface area (Å²) in [5.41, 5.74) is 8.60. The van der Waals surface area contributed by atoms with Crippen molar-refractivity contribution in [1.29, 1.82) is 0 Å². The summed E-state index contributed by atoms with van der Waals surface area (Å²) in [7, 11) is 0. The lowest BCUT2D eigenvalue weighted by molar-refractivity contribution is 0.302. The Labute approximate surface area is 105 Å². The molecule has 3 heteroatoms. The van der Waals surface area contributed by atoms with Gasteiger partial charge in [-0.2, -0.15) is 0 Å². The van der Waals surface area contributed by atoms with Crippen LogP contribution in [-0.4, -0.2) is 4.98 Å². The Morgan fingerprint density at radius 2 is 1.89 bits per heavy atom. The van der Waals surface area contributed by atoms with E-state index in [0.717, 1.165) is 17.0 Å². The Hall–Kier alpha value is -2.42. The monoisotopic (exact) mass is 238 g/mol. The second kappa shape index (κ2) is 4.45. The van der Waals surface area contributed by atoms with Crippen LogP contribution in [0.15, 0.2) is 54.6 Å². The molecule has 0 unspecified atom stereocenters. The maximum atomic E-state index is 5.70. The van der Waals surface area contributed by atoms with Crippen LogP contribution in [-0.2, 0) is 6.61 Å². The predicted octanol–water partition coefficient (Wildman–Crippen LogP) is 3.33. The largest absolute Gasteiger partial charge is 0.487 e. The SMILES string of the molecule is Nc1cccc(OCc2cc3ccccc3[nH]2)c1. The van der Waals surface area contributed by atoms with E-state index >= 15 is 0 Å². The topological polar surface area (TPSA) is 51.0 Å². The van der Waals surface area contributed by atoms with Crippen molar-refractivity contribution >= 4 is 16.6 Å². The fraction of sp³-hybridized carbons (Fsp3) is 0.0667. The fourth-order valence-electron chi connectivity index (χ4n) is 1.98. The van der Waals surface area contributed by atoms with Gasteiger partial charge in [-0.15, -0.1) is 0 Å². The normalized spacial score (nSPS) is 10.7. The molecule has 0 amide bonds. The molecule has 3 N–H and O–H groups in total. The Balaban J connectivity index is 1.76. The van der Waals surface area contributed by atoms with Crippen LogP contribution in [0.25, 0.3) is 10.9 Å². The maximum Gasteiger partial charge on any atom is 0.128 e. The van der Waals surface area contributed by atoms with Gasteiger partial charge in [-0.25, -0.2) is 0 Å². The minimum Gasteiger partial charge on any atom is -0.487 e. The molecular formula is C15H14N2O. The van der Waals surface area contributed by atoms with Crippen molar-refractivity contribution in [2.75, 3.05) is 5.73 Å². The Bertz CT molecular complexity index is 640. The predicted molar refractivity (Wildman–Crippen MR) is 73.5 cm³/mol. The number of aromatic nitrogens is 1. The molecule has 18 heavy (non-hydrogen) atoms. The van der Waals surface area contributed by atoms with Crippen molar-refractivity contribution in [1.82, 2.24) is 4.98 Å². The first-order valence-corrected chi connectivity index (χ1v) is 5.86. The third kappa shape index (κ3) is 2.15. The lowest BCUT2D eigenvalue weighted by Gasteiger charge is -2.04. The number of nitrogen functional groups attached to an aromatic ring is 1. The van der Waals surface area contributed by atoms with E-state index in [9.17, 15) is 0 Å². The first kappa shape index (κ1) is 10.7. The van der Waals surface area contributed by atoms with Gasteiger partial charge in [-0.1, -0.05) is 24.3 Å². The third-order valence-electron chi connectivity index (χ3n) is 2.84. The van der Waals surface area contributed by atoms with Gasteiger partial charge in [0.05, 0.1) is 5.69 Å².